The number of likely N-dealkylation sites (tertiary alicyclic amines) is 1. The Balaban J connectivity index is 0.000000640. The molecule has 0 aromatic heterocycles. The summed E-state index contributed by atoms with van der Waals surface area (Å²) in [4.78, 5) is 2.25. The van der Waals surface area contributed by atoms with Gasteiger partial charge in [0.15, 0.2) is 0 Å². The number of β-amino-alcohol motifs (C(OH)–C–C–N with tert-alkyl or cyclic N) is 1. The van der Waals surface area contributed by atoms with E-state index in [1.807, 2.05) is 0 Å². The fourth-order valence-corrected chi connectivity index (χ4v) is 1.10. The third-order valence-corrected chi connectivity index (χ3v) is 1.69. The van der Waals surface area contributed by atoms with Crippen molar-refractivity contribution in [2.75, 3.05) is 19.6 Å². The van der Waals surface area contributed by atoms with Crippen molar-refractivity contribution in [3.05, 3.63) is 0 Å². The number of likely N-dealkylation sites (N-methyl/N-ethyl adjacent to an activating group) is 1. The molecule has 1 fully saturated rings. The molecule has 0 radical (unpaired) electrons. The molecule has 1 unspecified atom stereocenters. The van der Waals surface area contributed by atoms with E-state index < -0.39 is 0 Å². The molecule has 0 aliphatic carbocycles. The third kappa shape index (κ3) is 2.79. The zero-order valence-corrected chi connectivity index (χ0v) is 7.89. The Labute approximate surface area is 70.5 Å². The molecule has 1 heterocycles. The van der Waals surface area contributed by atoms with E-state index in [-0.39, 0.29) is 27.2 Å². The molecule has 2 nitrogen and oxygen atoms in total. The van der Waals surface area contributed by atoms with Gasteiger partial charge in [0, 0.05) is 34.2 Å². The molecule has 1 saturated heterocycles. The molecule has 9 heavy (non-hydrogen) atoms. The second kappa shape index (κ2) is 4.43. The van der Waals surface area contributed by atoms with Crippen LogP contribution in [-0.2, 0) is 21.1 Å². The first-order valence-corrected chi connectivity index (χ1v) is 3.23. The largest absolute Gasteiger partial charge is 0.392 e. The molecule has 1 N–H and O–H groups in total. The van der Waals surface area contributed by atoms with Crippen LogP contribution in [0, 0.1) is 0 Å². The van der Waals surface area contributed by atoms with E-state index in [0.717, 1.165) is 26.1 Å². The van der Waals surface area contributed by atoms with Crippen molar-refractivity contribution in [1.82, 2.24) is 4.90 Å². The quantitative estimate of drug-likeness (QED) is 0.741. The molecule has 1 aliphatic heterocycles. The predicted octanol–water partition coefficient (Wildman–Crippen LogP) is 0.0704. The molecular formula is C6H13NOPt. The molecule has 0 amide bonds. The number of rotatable bonds is 1. The average Bonchev–Trinajstić information content (AvgIpc) is 2.14. The monoisotopic (exact) mass is 310 g/mol. The van der Waals surface area contributed by atoms with Gasteiger partial charge in [0.2, 0.25) is 0 Å². The maximum Gasteiger partial charge on any atom is 0.0679 e. The van der Waals surface area contributed by atoms with Gasteiger partial charge in [-0.3, -0.25) is 0 Å². The van der Waals surface area contributed by atoms with Crippen molar-refractivity contribution < 1.29 is 26.2 Å². The molecule has 58 valence electrons. The number of hydrogen-bond donors (Lipinski definition) is 1. The zero-order chi connectivity index (χ0) is 5.98. The van der Waals surface area contributed by atoms with E-state index in [9.17, 15) is 0 Å². The van der Waals surface area contributed by atoms with Crippen LogP contribution < -0.4 is 0 Å². The van der Waals surface area contributed by atoms with Gasteiger partial charge in [-0.2, -0.15) is 0 Å². The van der Waals surface area contributed by atoms with Gasteiger partial charge in [0.25, 0.3) is 0 Å². The summed E-state index contributed by atoms with van der Waals surface area (Å²) in [5.41, 5.74) is 0. The van der Waals surface area contributed by atoms with Crippen LogP contribution >= 0.6 is 0 Å². The van der Waals surface area contributed by atoms with Crippen LogP contribution in [-0.4, -0.2) is 35.7 Å². The fraction of sp³-hybridized carbons (Fsp3) is 1.00. The molecule has 0 saturated carbocycles. The minimum Gasteiger partial charge on any atom is -0.392 e. The zero-order valence-electron chi connectivity index (χ0n) is 5.62. The SMILES string of the molecule is CCN1CCC(O)C1.[Pt]. The van der Waals surface area contributed by atoms with E-state index in [4.69, 9.17) is 5.11 Å². The van der Waals surface area contributed by atoms with Crippen LogP contribution in [0.1, 0.15) is 13.3 Å². The number of aliphatic hydroxyl groups is 1. The summed E-state index contributed by atoms with van der Waals surface area (Å²) in [5, 5.41) is 8.99. The van der Waals surface area contributed by atoms with Gasteiger partial charge in [0.1, 0.15) is 0 Å². The van der Waals surface area contributed by atoms with Crippen molar-refractivity contribution in [3.63, 3.8) is 0 Å². The van der Waals surface area contributed by atoms with Gasteiger partial charge >= 0.3 is 0 Å². The van der Waals surface area contributed by atoms with E-state index in [1.54, 1.807) is 0 Å². The predicted molar refractivity (Wildman–Crippen MR) is 32.7 cm³/mol. The van der Waals surface area contributed by atoms with E-state index >= 15 is 0 Å². The third-order valence-electron chi connectivity index (χ3n) is 1.69. The summed E-state index contributed by atoms with van der Waals surface area (Å²) in [7, 11) is 0. The first-order valence-electron chi connectivity index (χ1n) is 3.23. The van der Waals surface area contributed by atoms with Crippen molar-refractivity contribution in [1.29, 1.82) is 0 Å². The Morgan fingerprint density at radius 1 is 1.67 bits per heavy atom. The maximum absolute atomic E-state index is 8.99. The molecular weight excluding hydrogens is 297 g/mol. The van der Waals surface area contributed by atoms with Crippen molar-refractivity contribution >= 4 is 0 Å². The van der Waals surface area contributed by atoms with Crippen molar-refractivity contribution in [2.24, 2.45) is 0 Å². The number of nitrogens with zero attached hydrogens (tertiary/aromatic N) is 1. The minimum atomic E-state index is -0.0463. The average molecular weight is 310 g/mol. The van der Waals surface area contributed by atoms with E-state index in [2.05, 4.69) is 11.8 Å². The number of aliphatic hydroxyl groups excluding tert-OH is 1. The second-order valence-electron chi connectivity index (χ2n) is 2.34. The summed E-state index contributed by atoms with van der Waals surface area (Å²) in [6.07, 6.45) is 0.920. The Bertz CT molecular complexity index is 79.5. The normalized spacial score (nSPS) is 28.0. The number of hydrogen-bond acceptors (Lipinski definition) is 2. The fourth-order valence-electron chi connectivity index (χ4n) is 1.10. The first-order chi connectivity index (χ1) is 3.83. The molecule has 0 spiro atoms. The van der Waals surface area contributed by atoms with Gasteiger partial charge < -0.3 is 10.0 Å². The molecule has 0 aromatic carbocycles. The smallest absolute Gasteiger partial charge is 0.0679 e. The van der Waals surface area contributed by atoms with E-state index in [0.29, 0.717) is 0 Å². The topological polar surface area (TPSA) is 23.5 Å². The first kappa shape index (κ1) is 9.61. The van der Waals surface area contributed by atoms with Crippen LogP contribution in [0.25, 0.3) is 0 Å². The molecule has 3 heteroatoms. The van der Waals surface area contributed by atoms with Crippen LogP contribution in [0.4, 0.5) is 0 Å². The molecule has 1 rings (SSSR count). The summed E-state index contributed by atoms with van der Waals surface area (Å²) in [6, 6.07) is 0. The van der Waals surface area contributed by atoms with Crippen LogP contribution in [0.5, 0.6) is 0 Å². The molecule has 1 atom stereocenters. The molecule has 0 aromatic rings. The summed E-state index contributed by atoms with van der Waals surface area (Å²) in [5.74, 6) is 0. The van der Waals surface area contributed by atoms with Gasteiger partial charge in [0.05, 0.1) is 6.10 Å². The Morgan fingerprint density at radius 2 is 2.33 bits per heavy atom. The Morgan fingerprint density at radius 3 is 2.56 bits per heavy atom. The van der Waals surface area contributed by atoms with Crippen molar-refractivity contribution in [2.45, 2.75) is 19.4 Å². The van der Waals surface area contributed by atoms with Crippen LogP contribution in [0.3, 0.4) is 0 Å². The Kier molecular flexibility index (Phi) is 4.73. The molecule has 1 aliphatic rings. The van der Waals surface area contributed by atoms with Crippen LogP contribution in [0.15, 0.2) is 0 Å². The van der Waals surface area contributed by atoms with Gasteiger partial charge in [-0.1, -0.05) is 6.92 Å². The second-order valence-corrected chi connectivity index (χ2v) is 2.34. The maximum atomic E-state index is 8.99. The molecule has 0 bridgehead atoms. The Hall–Kier alpha value is 0.608. The van der Waals surface area contributed by atoms with Crippen LogP contribution in [0.2, 0.25) is 0 Å². The van der Waals surface area contributed by atoms with Gasteiger partial charge in [-0.25, -0.2) is 0 Å². The summed E-state index contributed by atoms with van der Waals surface area (Å²) in [6.45, 7) is 5.17. The standard InChI is InChI=1S/C6H13NO.Pt/c1-2-7-4-3-6(8)5-7;/h6,8H,2-5H2,1H3;. The summed E-state index contributed by atoms with van der Waals surface area (Å²) >= 11 is 0. The minimum absolute atomic E-state index is 0. The van der Waals surface area contributed by atoms with Crippen molar-refractivity contribution in [3.8, 4) is 0 Å². The van der Waals surface area contributed by atoms with Gasteiger partial charge in [-0.05, 0) is 13.0 Å². The van der Waals surface area contributed by atoms with E-state index in [1.165, 1.54) is 0 Å². The summed E-state index contributed by atoms with van der Waals surface area (Å²) < 4.78 is 0. The van der Waals surface area contributed by atoms with Gasteiger partial charge in [-0.15, -0.1) is 0 Å².